The van der Waals surface area contributed by atoms with E-state index < -0.39 is 34.2 Å². The molecule has 2 heterocycles. The zero-order valence-electron chi connectivity index (χ0n) is 13.8. The molecule has 0 fully saturated rings. The minimum Gasteiger partial charge on any atom is -0.337 e. The molecule has 1 aromatic heterocycles. The lowest BCUT2D eigenvalue weighted by molar-refractivity contribution is -0.137. The van der Waals surface area contributed by atoms with Gasteiger partial charge < -0.3 is 4.52 Å². The molecule has 4 rings (SSSR count). The van der Waals surface area contributed by atoms with Gasteiger partial charge in [0.05, 0.1) is 11.1 Å². The standard InChI is InChI=1S/C17H10F3N3O4S/c18-17(19,20)11-5-3-4-10(8-11)15-21-14(27-22-15)9-23-16(24)12-6-1-2-7-13(12)28(23,25)26/h1-8H,9H2. The number of alkyl halides is 3. The highest BCUT2D eigenvalue weighted by Gasteiger charge is 2.41. The Morgan fingerprint density at radius 3 is 2.54 bits per heavy atom. The fraction of sp³-hybridized carbons (Fsp3) is 0.118. The van der Waals surface area contributed by atoms with Crippen molar-refractivity contribution in [1.82, 2.24) is 14.4 Å². The van der Waals surface area contributed by atoms with Crippen LogP contribution in [0.15, 0.2) is 57.9 Å². The molecule has 1 aliphatic heterocycles. The van der Waals surface area contributed by atoms with Crippen LogP contribution in [-0.4, -0.2) is 28.8 Å². The Kier molecular flexibility index (Phi) is 4.00. The van der Waals surface area contributed by atoms with Crippen molar-refractivity contribution in [2.24, 2.45) is 0 Å². The minimum atomic E-state index is -4.54. The first kappa shape index (κ1) is 18.2. The van der Waals surface area contributed by atoms with Gasteiger partial charge in [-0.05, 0) is 24.3 Å². The van der Waals surface area contributed by atoms with Gasteiger partial charge in [-0.2, -0.15) is 18.2 Å². The number of fused-ring (bicyclic) bond motifs is 1. The molecule has 7 nitrogen and oxygen atoms in total. The Morgan fingerprint density at radius 2 is 1.82 bits per heavy atom. The van der Waals surface area contributed by atoms with Crippen molar-refractivity contribution in [2.45, 2.75) is 17.6 Å². The summed E-state index contributed by atoms with van der Waals surface area (Å²) in [7, 11) is -4.07. The number of aromatic nitrogens is 2. The molecule has 3 aromatic rings. The first-order valence-electron chi connectivity index (χ1n) is 7.84. The van der Waals surface area contributed by atoms with E-state index in [-0.39, 0.29) is 27.7 Å². The average Bonchev–Trinajstić information content (AvgIpc) is 3.20. The van der Waals surface area contributed by atoms with Crippen molar-refractivity contribution in [2.75, 3.05) is 0 Å². The van der Waals surface area contributed by atoms with Gasteiger partial charge in [-0.3, -0.25) is 4.79 Å². The van der Waals surface area contributed by atoms with E-state index >= 15 is 0 Å². The molecule has 0 aliphatic carbocycles. The van der Waals surface area contributed by atoms with Gasteiger partial charge in [0.25, 0.3) is 15.9 Å². The highest BCUT2D eigenvalue weighted by Crippen LogP contribution is 2.33. The zero-order valence-corrected chi connectivity index (χ0v) is 14.7. The fourth-order valence-electron chi connectivity index (χ4n) is 2.78. The molecular formula is C17H10F3N3O4S. The number of carbonyl (C=O) groups excluding carboxylic acids is 1. The monoisotopic (exact) mass is 409 g/mol. The van der Waals surface area contributed by atoms with Crippen LogP contribution >= 0.6 is 0 Å². The number of nitrogens with zero attached hydrogens (tertiary/aromatic N) is 3. The molecule has 0 saturated carbocycles. The molecule has 0 unspecified atom stereocenters. The van der Waals surface area contributed by atoms with E-state index in [1.54, 1.807) is 0 Å². The summed E-state index contributed by atoms with van der Waals surface area (Å²) in [5.74, 6) is -1.12. The summed E-state index contributed by atoms with van der Waals surface area (Å²) in [6.07, 6.45) is -4.54. The van der Waals surface area contributed by atoms with Crippen molar-refractivity contribution >= 4 is 15.9 Å². The summed E-state index contributed by atoms with van der Waals surface area (Å²) in [6, 6.07) is 10.0. The lowest BCUT2D eigenvalue weighted by Crippen LogP contribution is -2.29. The molecule has 11 heteroatoms. The SMILES string of the molecule is O=C1c2ccccc2S(=O)(=O)N1Cc1nc(-c2cccc(C(F)(F)F)c2)no1. The highest BCUT2D eigenvalue weighted by atomic mass is 32.2. The number of halogens is 3. The Labute approximate surface area is 156 Å². The number of hydrogen-bond acceptors (Lipinski definition) is 6. The lowest BCUT2D eigenvalue weighted by atomic mass is 10.1. The maximum absolute atomic E-state index is 12.8. The van der Waals surface area contributed by atoms with E-state index in [1.165, 1.54) is 36.4 Å². The molecule has 0 atom stereocenters. The Balaban J connectivity index is 1.63. The van der Waals surface area contributed by atoms with Crippen molar-refractivity contribution in [3.8, 4) is 11.4 Å². The van der Waals surface area contributed by atoms with Gasteiger partial charge >= 0.3 is 6.18 Å². The third-order valence-electron chi connectivity index (χ3n) is 4.11. The van der Waals surface area contributed by atoms with Crippen LogP contribution in [0.25, 0.3) is 11.4 Å². The normalized spacial score (nSPS) is 15.7. The molecule has 0 N–H and O–H groups in total. The molecule has 1 amide bonds. The van der Waals surface area contributed by atoms with Crippen molar-refractivity contribution in [1.29, 1.82) is 0 Å². The van der Waals surface area contributed by atoms with Gasteiger partial charge in [0, 0.05) is 5.56 Å². The second-order valence-electron chi connectivity index (χ2n) is 5.90. The fourth-order valence-corrected chi connectivity index (χ4v) is 4.30. The highest BCUT2D eigenvalue weighted by molar-refractivity contribution is 7.90. The summed E-state index contributed by atoms with van der Waals surface area (Å²) in [4.78, 5) is 16.2. The predicted molar refractivity (Wildman–Crippen MR) is 88.2 cm³/mol. The van der Waals surface area contributed by atoms with Gasteiger partial charge in [0.15, 0.2) is 0 Å². The van der Waals surface area contributed by atoms with E-state index in [0.29, 0.717) is 4.31 Å². The number of rotatable bonds is 3. The van der Waals surface area contributed by atoms with Gasteiger partial charge in [0.1, 0.15) is 11.4 Å². The molecule has 28 heavy (non-hydrogen) atoms. The summed E-state index contributed by atoms with van der Waals surface area (Å²) in [5, 5.41) is 3.59. The lowest BCUT2D eigenvalue weighted by Gasteiger charge is -2.11. The number of benzene rings is 2. The third kappa shape index (κ3) is 2.93. The van der Waals surface area contributed by atoms with Crippen LogP contribution in [0.3, 0.4) is 0 Å². The van der Waals surface area contributed by atoms with E-state index in [9.17, 15) is 26.4 Å². The molecule has 0 radical (unpaired) electrons. The summed E-state index contributed by atoms with van der Waals surface area (Å²) in [6.45, 7) is -0.526. The maximum Gasteiger partial charge on any atom is 0.416 e. The second-order valence-corrected chi connectivity index (χ2v) is 7.73. The van der Waals surface area contributed by atoms with Crippen LogP contribution in [0.1, 0.15) is 21.8 Å². The number of hydrogen-bond donors (Lipinski definition) is 0. The molecule has 0 spiro atoms. The van der Waals surface area contributed by atoms with E-state index in [1.807, 2.05) is 0 Å². The van der Waals surface area contributed by atoms with Crippen LogP contribution in [0, 0.1) is 0 Å². The maximum atomic E-state index is 12.8. The first-order chi connectivity index (χ1) is 13.2. The van der Waals surface area contributed by atoms with E-state index in [4.69, 9.17) is 4.52 Å². The zero-order chi connectivity index (χ0) is 20.1. The van der Waals surface area contributed by atoms with E-state index in [2.05, 4.69) is 10.1 Å². The van der Waals surface area contributed by atoms with Crippen LogP contribution in [0.5, 0.6) is 0 Å². The smallest absolute Gasteiger partial charge is 0.337 e. The Hall–Kier alpha value is -3.21. The first-order valence-corrected chi connectivity index (χ1v) is 9.28. The third-order valence-corrected chi connectivity index (χ3v) is 5.89. The molecule has 0 bridgehead atoms. The van der Waals surface area contributed by atoms with Crippen molar-refractivity contribution < 1.29 is 30.9 Å². The number of amides is 1. The average molecular weight is 409 g/mol. The van der Waals surface area contributed by atoms with Gasteiger partial charge in [-0.15, -0.1) is 0 Å². The van der Waals surface area contributed by atoms with Crippen molar-refractivity contribution in [3.05, 3.63) is 65.5 Å². The molecule has 144 valence electrons. The molecular weight excluding hydrogens is 399 g/mol. The molecule has 0 saturated heterocycles. The summed E-state index contributed by atoms with van der Waals surface area (Å²) < 4.78 is 69.1. The van der Waals surface area contributed by atoms with Crippen LogP contribution in [0.2, 0.25) is 0 Å². The second kappa shape index (κ2) is 6.16. The minimum absolute atomic E-state index is 0.0279. The Bertz CT molecular complexity index is 1190. The predicted octanol–water partition coefficient (Wildman–Crippen LogP) is 3.10. The molecule has 2 aromatic carbocycles. The van der Waals surface area contributed by atoms with E-state index in [0.717, 1.165) is 12.1 Å². The molecule has 1 aliphatic rings. The van der Waals surface area contributed by atoms with Crippen molar-refractivity contribution in [3.63, 3.8) is 0 Å². The van der Waals surface area contributed by atoms with Gasteiger partial charge in [0.2, 0.25) is 11.7 Å². The summed E-state index contributed by atoms with van der Waals surface area (Å²) in [5.41, 5.74) is -0.812. The van der Waals surface area contributed by atoms with Crippen LogP contribution in [0.4, 0.5) is 13.2 Å². The largest absolute Gasteiger partial charge is 0.416 e. The van der Waals surface area contributed by atoms with Crippen LogP contribution < -0.4 is 0 Å². The number of sulfonamides is 1. The number of carbonyl (C=O) groups is 1. The Morgan fingerprint density at radius 1 is 1.07 bits per heavy atom. The summed E-state index contributed by atoms with van der Waals surface area (Å²) >= 11 is 0. The quantitative estimate of drug-likeness (QED) is 0.660. The topological polar surface area (TPSA) is 93.4 Å². The van der Waals surface area contributed by atoms with Gasteiger partial charge in [-0.1, -0.05) is 29.4 Å². The van der Waals surface area contributed by atoms with Crippen LogP contribution in [-0.2, 0) is 22.7 Å². The van der Waals surface area contributed by atoms with Gasteiger partial charge in [-0.25, -0.2) is 12.7 Å².